The van der Waals surface area contributed by atoms with Crippen molar-refractivity contribution in [2.45, 2.75) is 51.8 Å². The Hall–Kier alpha value is -2.89. The summed E-state index contributed by atoms with van der Waals surface area (Å²) >= 11 is 0. The van der Waals surface area contributed by atoms with E-state index in [9.17, 15) is 9.59 Å². The molecular formula is C23H29N3O3. The van der Waals surface area contributed by atoms with E-state index >= 15 is 0 Å². The van der Waals surface area contributed by atoms with E-state index in [0.29, 0.717) is 13.0 Å². The van der Waals surface area contributed by atoms with E-state index < -0.39 is 11.7 Å². The number of hydrogen-bond donors (Lipinski definition) is 1. The van der Waals surface area contributed by atoms with Crippen molar-refractivity contribution in [3.8, 4) is 0 Å². The molecule has 1 aromatic heterocycles. The molecule has 6 heteroatoms. The van der Waals surface area contributed by atoms with E-state index in [1.54, 1.807) is 12.4 Å². The van der Waals surface area contributed by atoms with Crippen molar-refractivity contribution < 1.29 is 14.3 Å². The molecule has 0 aliphatic carbocycles. The molecule has 1 unspecified atom stereocenters. The van der Waals surface area contributed by atoms with Crippen molar-refractivity contribution in [2.24, 2.45) is 5.92 Å². The Labute approximate surface area is 172 Å². The molecule has 3 atom stereocenters. The molecule has 0 saturated carbocycles. The molecule has 29 heavy (non-hydrogen) atoms. The van der Waals surface area contributed by atoms with Gasteiger partial charge in [-0.2, -0.15) is 0 Å². The fourth-order valence-corrected chi connectivity index (χ4v) is 3.74. The number of aromatic nitrogens is 1. The highest BCUT2D eigenvalue weighted by Gasteiger charge is 2.39. The van der Waals surface area contributed by atoms with Crippen LogP contribution in [0.1, 0.15) is 57.3 Å². The average molecular weight is 396 g/mol. The fourth-order valence-electron chi connectivity index (χ4n) is 3.74. The van der Waals surface area contributed by atoms with Gasteiger partial charge < -0.3 is 15.0 Å². The second kappa shape index (κ2) is 8.64. The number of pyridine rings is 1. The summed E-state index contributed by atoms with van der Waals surface area (Å²) in [6.07, 6.45) is 3.30. The van der Waals surface area contributed by atoms with Gasteiger partial charge >= 0.3 is 6.09 Å². The molecule has 2 heterocycles. The number of rotatable bonds is 5. The number of ether oxygens (including phenoxy) is 1. The van der Waals surface area contributed by atoms with E-state index in [4.69, 9.17) is 4.74 Å². The van der Waals surface area contributed by atoms with Gasteiger partial charge in [0.05, 0.1) is 12.1 Å². The summed E-state index contributed by atoms with van der Waals surface area (Å²) in [6.45, 7) is 8.08. The maximum atomic E-state index is 12.8. The number of carbonyl (C=O) groups excluding carboxylic acids is 2. The van der Waals surface area contributed by atoms with Crippen LogP contribution in [0.2, 0.25) is 0 Å². The van der Waals surface area contributed by atoms with Crippen LogP contribution in [0.25, 0.3) is 0 Å². The van der Waals surface area contributed by atoms with Crippen LogP contribution in [-0.4, -0.2) is 34.0 Å². The summed E-state index contributed by atoms with van der Waals surface area (Å²) in [5, 5.41) is 2.97. The smallest absolute Gasteiger partial charge is 0.408 e. The number of carbonyl (C=O) groups is 2. The Morgan fingerprint density at radius 1 is 1.17 bits per heavy atom. The Morgan fingerprint density at radius 3 is 2.48 bits per heavy atom. The minimum atomic E-state index is -0.594. The Kier molecular flexibility index (Phi) is 6.20. The molecule has 6 nitrogen and oxygen atoms in total. The highest BCUT2D eigenvalue weighted by atomic mass is 16.6. The first-order valence-electron chi connectivity index (χ1n) is 9.98. The monoisotopic (exact) mass is 395 g/mol. The molecule has 1 aromatic carbocycles. The maximum Gasteiger partial charge on any atom is 0.408 e. The molecule has 3 rings (SSSR count). The first-order valence-corrected chi connectivity index (χ1v) is 9.98. The van der Waals surface area contributed by atoms with Crippen LogP contribution in [0.15, 0.2) is 54.9 Å². The second-order valence-corrected chi connectivity index (χ2v) is 8.51. The zero-order valence-corrected chi connectivity index (χ0v) is 17.5. The SMILES string of the molecule is C[C@H](c1ccccc1)N1C[C@H](C(NC(=O)OC(C)(C)C)c2cccnc2)CC1=O. The topological polar surface area (TPSA) is 71.5 Å². The lowest BCUT2D eigenvalue weighted by molar-refractivity contribution is -0.129. The average Bonchev–Trinajstić information content (AvgIpc) is 3.07. The predicted molar refractivity (Wildman–Crippen MR) is 111 cm³/mol. The van der Waals surface area contributed by atoms with Crippen molar-refractivity contribution in [1.29, 1.82) is 0 Å². The normalized spacial score (nSPS) is 19.0. The van der Waals surface area contributed by atoms with Crippen LogP contribution in [0.4, 0.5) is 4.79 Å². The molecule has 1 N–H and O–H groups in total. The number of alkyl carbamates (subject to hydrolysis) is 1. The van der Waals surface area contributed by atoms with Gasteiger partial charge in [0.25, 0.3) is 0 Å². The molecule has 1 fully saturated rings. The van der Waals surface area contributed by atoms with Gasteiger partial charge in [0.2, 0.25) is 5.91 Å². The van der Waals surface area contributed by atoms with Crippen molar-refractivity contribution in [3.05, 3.63) is 66.0 Å². The summed E-state index contributed by atoms with van der Waals surface area (Å²) in [5.41, 5.74) is 1.37. The molecule has 0 radical (unpaired) electrons. The third-order valence-electron chi connectivity index (χ3n) is 5.13. The van der Waals surface area contributed by atoms with Gasteiger partial charge in [0, 0.05) is 31.3 Å². The highest BCUT2D eigenvalue weighted by Crippen LogP contribution is 2.35. The molecule has 2 aromatic rings. The first kappa shape index (κ1) is 20.8. The zero-order valence-electron chi connectivity index (χ0n) is 17.5. The molecule has 2 amide bonds. The van der Waals surface area contributed by atoms with Gasteiger partial charge in [0.1, 0.15) is 5.60 Å². The minimum absolute atomic E-state index is 0.0234. The van der Waals surface area contributed by atoms with Gasteiger partial charge in [-0.15, -0.1) is 0 Å². The summed E-state index contributed by atoms with van der Waals surface area (Å²) < 4.78 is 5.45. The van der Waals surface area contributed by atoms with Crippen molar-refractivity contribution in [1.82, 2.24) is 15.2 Å². The summed E-state index contributed by atoms with van der Waals surface area (Å²) in [4.78, 5) is 31.4. The highest BCUT2D eigenvalue weighted by molar-refractivity contribution is 5.79. The number of nitrogens with zero attached hydrogens (tertiary/aromatic N) is 2. The quantitative estimate of drug-likeness (QED) is 0.821. The van der Waals surface area contributed by atoms with Crippen molar-refractivity contribution in [2.75, 3.05) is 6.54 Å². The van der Waals surface area contributed by atoms with Gasteiger partial charge in [-0.05, 0) is 44.9 Å². The third kappa shape index (κ3) is 5.34. The molecule has 154 valence electrons. The van der Waals surface area contributed by atoms with E-state index in [2.05, 4.69) is 10.3 Å². The van der Waals surface area contributed by atoms with E-state index in [1.165, 1.54) is 0 Å². The Bertz CT molecular complexity index is 833. The Morgan fingerprint density at radius 2 is 1.86 bits per heavy atom. The standard InChI is InChI=1S/C23H29N3O3/c1-16(17-9-6-5-7-10-17)26-15-19(13-20(26)27)21(18-11-8-12-24-14-18)25-22(28)29-23(2,3)4/h5-12,14,16,19,21H,13,15H2,1-4H3,(H,25,28)/t16-,19-,21?/m1/s1. The van der Waals surface area contributed by atoms with Gasteiger partial charge in [-0.1, -0.05) is 36.4 Å². The molecule has 1 aliphatic rings. The Balaban J connectivity index is 1.79. The lowest BCUT2D eigenvalue weighted by Gasteiger charge is -2.29. The molecule has 0 bridgehead atoms. The van der Waals surface area contributed by atoms with Crippen molar-refractivity contribution in [3.63, 3.8) is 0 Å². The van der Waals surface area contributed by atoms with Crippen LogP contribution in [0, 0.1) is 5.92 Å². The lowest BCUT2D eigenvalue weighted by Crippen LogP contribution is -2.38. The predicted octanol–water partition coefficient (Wildman–Crippen LogP) is 4.26. The largest absolute Gasteiger partial charge is 0.444 e. The van der Waals surface area contributed by atoms with Crippen LogP contribution < -0.4 is 5.32 Å². The summed E-state index contributed by atoms with van der Waals surface area (Å²) in [5.74, 6) is 0.0246. The van der Waals surface area contributed by atoms with Crippen LogP contribution in [-0.2, 0) is 9.53 Å². The van der Waals surface area contributed by atoms with Crippen LogP contribution >= 0.6 is 0 Å². The van der Waals surface area contributed by atoms with Gasteiger partial charge in [-0.3, -0.25) is 9.78 Å². The second-order valence-electron chi connectivity index (χ2n) is 8.51. The van der Waals surface area contributed by atoms with Gasteiger partial charge in [-0.25, -0.2) is 4.79 Å². The summed E-state index contributed by atoms with van der Waals surface area (Å²) in [7, 11) is 0. The number of nitrogens with one attached hydrogen (secondary N) is 1. The van der Waals surface area contributed by atoms with Crippen molar-refractivity contribution >= 4 is 12.0 Å². The number of likely N-dealkylation sites (tertiary alicyclic amines) is 1. The van der Waals surface area contributed by atoms with Crippen LogP contribution in [0.3, 0.4) is 0 Å². The molecule has 1 aliphatic heterocycles. The molecular weight excluding hydrogens is 366 g/mol. The van der Waals surface area contributed by atoms with E-state index in [-0.39, 0.29) is 23.9 Å². The first-order chi connectivity index (χ1) is 13.7. The van der Waals surface area contributed by atoms with Crippen LogP contribution in [0.5, 0.6) is 0 Å². The van der Waals surface area contributed by atoms with E-state index in [0.717, 1.165) is 11.1 Å². The third-order valence-corrected chi connectivity index (χ3v) is 5.13. The molecule has 1 saturated heterocycles. The van der Waals surface area contributed by atoms with Gasteiger partial charge in [0.15, 0.2) is 0 Å². The fraction of sp³-hybridized carbons (Fsp3) is 0.435. The number of amides is 2. The zero-order chi connectivity index (χ0) is 21.0. The summed E-state index contributed by atoms with van der Waals surface area (Å²) in [6, 6.07) is 13.4. The number of benzene rings is 1. The number of hydrogen-bond acceptors (Lipinski definition) is 4. The van der Waals surface area contributed by atoms with E-state index in [1.807, 2.05) is 75.1 Å². The molecule has 0 spiro atoms. The minimum Gasteiger partial charge on any atom is -0.444 e. The maximum absolute atomic E-state index is 12.8. The lowest BCUT2D eigenvalue weighted by atomic mass is 9.93.